The van der Waals surface area contributed by atoms with Crippen molar-refractivity contribution in [3.05, 3.63) is 0 Å². The van der Waals surface area contributed by atoms with Crippen molar-refractivity contribution in [2.75, 3.05) is 19.6 Å². The molecule has 15 heavy (non-hydrogen) atoms. The average Bonchev–Trinajstić information content (AvgIpc) is 2.60. The normalized spacial score (nSPS) is 31.8. The lowest BCUT2D eigenvalue weighted by Crippen LogP contribution is -2.44. The highest BCUT2D eigenvalue weighted by atomic mass is 15.2. The molecular formula is C13H28N2. The summed E-state index contributed by atoms with van der Waals surface area (Å²) < 4.78 is 0. The zero-order valence-corrected chi connectivity index (χ0v) is 10.9. The third-order valence-electron chi connectivity index (χ3n) is 4.38. The van der Waals surface area contributed by atoms with Gasteiger partial charge in [-0.05, 0) is 38.1 Å². The highest BCUT2D eigenvalue weighted by molar-refractivity contribution is 4.92. The second-order valence-electron chi connectivity index (χ2n) is 5.48. The standard InChI is InChI=1S/C13H28N2/c1-5-7-13(4,6-2)15-9-11(3)12(8-14)10-15/h11-12H,5-10,14H2,1-4H3. The Balaban J connectivity index is 2.63. The van der Waals surface area contributed by atoms with Crippen molar-refractivity contribution >= 4 is 0 Å². The lowest BCUT2D eigenvalue weighted by molar-refractivity contribution is 0.112. The molecule has 0 radical (unpaired) electrons. The third kappa shape index (κ3) is 2.73. The quantitative estimate of drug-likeness (QED) is 0.758. The van der Waals surface area contributed by atoms with Gasteiger partial charge in [0.2, 0.25) is 0 Å². The zero-order valence-electron chi connectivity index (χ0n) is 10.9. The summed E-state index contributed by atoms with van der Waals surface area (Å²) in [4.78, 5) is 2.68. The van der Waals surface area contributed by atoms with Crippen molar-refractivity contribution < 1.29 is 0 Å². The Morgan fingerprint density at radius 2 is 2.00 bits per heavy atom. The topological polar surface area (TPSA) is 29.3 Å². The van der Waals surface area contributed by atoms with E-state index in [2.05, 4.69) is 32.6 Å². The van der Waals surface area contributed by atoms with Crippen molar-refractivity contribution in [2.24, 2.45) is 17.6 Å². The van der Waals surface area contributed by atoms with Crippen LogP contribution < -0.4 is 5.73 Å². The maximum absolute atomic E-state index is 5.82. The van der Waals surface area contributed by atoms with E-state index in [9.17, 15) is 0 Å². The fourth-order valence-electron chi connectivity index (χ4n) is 2.88. The van der Waals surface area contributed by atoms with Gasteiger partial charge in [-0.2, -0.15) is 0 Å². The summed E-state index contributed by atoms with van der Waals surface area (Å²) in [6.45, 7) is 12.7. The Labute approximate surface area is 95.2 Å². The second kappa shape index (κ2) is 5.31. The van der Waals surface area contributed by atoms with Crippen LogP contribution in [0.25, 0.3) is 0 Å². The molecule has 3 atom stereocenters. The molecule has 1 aliphatic rings. The first kappa shape index (κ1) is 13.0. The smallest absolute Gasteiger partial charge is 0.0178 e. The van der Waals surface area contributed by atoms with Gasteiger partial charge in [0.25, 0.3) is 0 Å². The first-order valence-corrected chi connectivity index (χ1v) is 6.52. The number of rotatable bonds is 5. The van der Waals surface area contributed by atoms with Gasteiger partial charge in [-0.1, -0.05) is 27.2 Å². The van der Waals surface area contributed by atoms with Gasteiger partial charge in [0.1, 0.15) is 0 Å². The Morgan fingerprint density at radius 1 is 1.33 bits per heavy atom. The molecule has 1 saturated heterocycles. The van der Waals surface area contributed by atoms with E-state index >= 15 is 0 Å². The van der Waals surface area contributed by atoms with E-state index in [1.54, 1.807) is 0 Å². The van der Waals surface area contributed by atoms with E-state index in [0.717, 1.165) is 12.5 Å². The first-order chi connectivity index (χ1) is 7.07. The molecule has 3 unspecified atom stereocenters. The summed E-state index contributed by atoms with van der Waals surface area (Å²) in [7, 11) is 0. The third-order valence-corrected chi connectivity index (χ3v) is 4.38. The maximum Gasteiger partial charge on any atom is 0.0178 e. The van der Waals surface area contributed by atoms with Crippen LogP contribution in [0.5, 0.6) is 0 Å². The van der Waals surface area contributed by atoms with Crippen LogP contribution in [0.2, 0.25) is 0 Å². The zero-order chi connectivity index (χ0) is 11.5. The predicted octanol–water partition coefficient (Wildman–Crippen LogP) is 2.48. The summed E-state index contributed by atoms with van der Waals surface area (Å²) in [5, 5.41) is 0. The van der Waals surface area contributed by atoms with Crippen LogP contribution in [-0.2, 0) is 0 Å². The van der Waals surface area contributed by atoms with Crippen LogP contribution >= 0.6 is 0 Å². The van der Waals surface area contributed by atoms with Crippen molar-refractivity contribution in [1.29, 1.82) is 0 Å². The highest BCUT2D eigenvalue weighted by Gasteiger charge is 2.37. The summed E-state index contributed by atoms with van der Waals surface area (Å²) >= 11 is 0. The lowest BCUT2D eigenvalue weighted by atomic mass is 9.91. The molecule has 2 N–H and O–H groups in total. The van der Waals surface area contributed by atoms with Crippen molar-refractivity contribution in [2.45, 2.75) is 52.5 Å². The molecule has 0 spiro atoms. The van der Waals surface area contributed by atoms with Gasteiger partial charge in [0.05, 0.1) is 0 Å². The molecule has 0 bridgehead atoms. The maximum atomic E-state index is 5.82. The molecule has 2 nitrogen and oxygen atoms in total. The number of nitrogens with zero attached hydrogens (tertiary/aromatic N) is 1. The van der Waals surface area contributed by atoms with Crippen LogP contribution in [0.4, 0.5) is 0 Å². The predicted molar refractivity (Wildman–Crippen MR) is 66.9 cm³/mol. The van der Waals surface area contributed by atoms with Gasteiger partial charge >= 0.3 is 0 Å². The van der Waals surface area contributed by atoms with Crippen molar-refractivity contribution in [1.82, 2.24) is 4.90 Å². The molecule has 90 valence electrons. The molecule has 1 aliphatic heterocycles. The Kier molecular flexibility index (Phi) is 4.60. The van der Waals surface area contributed by atoms with Gasteiger partial charge < -0.3 is 5.73 Å². The summed E-state index contributed by atoms with van der Waals surface area (Å²) in [6, 6.07) is 0. The van der Waals surface area contributed by atoms with Gasteiger partial charge in [-0.15, -0.1) is 0 Å². The minimum Gasteiger partial charge on any atom is -0.330 e. The number of nitrogens with two attached hydrogens (primary N) is 1. The van der Waals surface area contributed by atoms with E-state index in [1.807, 2.05) is 0 Å². The van der Waals surface area contributed by atoms with Gasteiger partial charge in [-0.25, -0.2) is 0 Å². The number of hydrogen-bond donors (Lipinski definition) is 1. The van der Waals surface area contributed by atoms with Crippen LogP contribution in [0.15, 0.2) is 0 Å². The number of likely N-dealkylation sites (tertiary alicyclic amines) is 1. The molecule has 1 rings (SSSR count). The molecule has 0 aromatic heterocycles. The monoisotopic (exact) mass is 212 g/mol. The minimum atomic E-state index is 0.410. The van der Waals surface area contributed by atoms with E-state index < -0.39 is 0 Å². The summed E-state index contributed by atoms with van der Waals surface area (Å²) in [5.74, 6) is 1.49. The van der Waals surface area contributed by atoms with E-state index in [1.165, 1.54) is 32.4 Å². The van der Waals surface area contributed by atoms with Crippen molar-refractivity contribution in [3.8, 4) is 0 Å². The largest absolute Gasteiger partial charge is 0.330 e. The fraction of sp³-hybridized carbons (Fsp3) is 1.00. The van der Waals surface area contributed by atoms with Crippen LogP contribution in [-0.4, -0.2) is 30.1 Å². The molecule has 1 fully saturated rings. The Bertz CT molecular complexity index is 193. The van der Waals surface area contributed by atoms with Gasteiger partial charge in [0.15, 0.2) is 0 Å². The fourth-order valence-corrected chi connectivity index (χ4v) is 2.88. The van der Waals surface area contributed by atoms with E-state index in [0.29, 0.717) is 11.5 Å². The lowest BCUT2D eigenvalue weighted by Gasteiger charge is -2.38. The van der Waals surface area contributed by atoms with Crippen LogP contribution in [0.3, 0.4) is 0 Å². The van der Waals surface area contributed by atoms with Crippen LogP contribution in [0, 0.1) is 11.8 Å². The van der Waals surface area contributed by atoms with Crippen molar-refractivity contribution in [3.63, 3.8) is 0 Å². The van der Waals surface area contributed by atoms with Gasteiger partial charge in [-0.3, -0.25) is 4.90 Å². The molecule has 0 saturated carbocycles. The van der Waals surface area contributed by atoms with Gasteiger partial charge in [0, 0.05) is 18.6 Å². The summed E-state index contributed by atoms with van der Waals surface area (Å²) in [6.07, 6.45) is 3.85. The number of hydrogen-bond acceptors (Lipinski definition) is 2. The first-order valence-electron chi connectivity index (χ1n) is 6.52. The molecule has 1 heterocycles. The summed E-state index contributed by atoms with van der Waals surface area (Å²) in [5.41, 5.74) is 6.23. The molecule has 0 amide bonds. The molecule has 2 heteroatoms. The molecule has 0 aromatic carbocycles. The second-order valence-corrected chi connectivity index (χ2v) is 5.48. The molecule has 0 aliphatic carbocycles. The molecular weight excluding hydrogens is 184 g/mol. The van der Waals surface area contributed by atoms with E-state index in [4.69, 9.17) is 5.73 Å². The highest BCUT2D eigenvalue weighted by Crippen LogP contribution is 2.33. The average molecular weight is 212 g/mol. The minimum absolute atomic E-state index is 0.410. The SMILES string of the molecule is CCCC(C)(CC)N1CC(C)C(CN)C1. The molecule has 0 aromatic rings. The Hall–Kier alpha value is -0.0800. The van der Waals surface area contributed by atoms with Crippen LogP contribution in [0.1, 0.15) is 47.0 Å². The Morgan fingerprint density at radius 3 is 2.40 bits per heavy atom. The van der Waals surface area contributed by atoms with E-state index in [-0.39, 0.29) is 0 Å².